The summed E-state index contributed by atoms with van der Waals surface area (Å²) in [4.78, 5) is 11.3. The summed E-state index contributed by atoms with van der Waals surface area (Å²) in [6.07, 6.45) is 1.56. The van der Waals surface area contributed by atoms with Crippen LogP contribution in [-0.2, 0) is 16.0 Å². The van der Waals surface area contributed by atoms with Crippen LogP contribution in [-0.4, -0.2) is 13.1 Å². The van der Waals surface area contributed by atoms with Gasteiger partial charge in [-0.25, -0.2) is 4.39 Å². The highest BCUT2D eigenvalue weighted by molar-refractivity contribution is 5.79. The zero-order chi connectivity index (χ0) is 10.1. The highest BCUT2D eigenvalue weighted by Crippen LogP contribution is 2.34. The molecule has 1 aliphatic carbocycles. The number of hydrogen-bond donors (Lipinski definition) is 0. The fourth-order valence-electron chi connectivity index (χ4n) is 1.96. The third-order valence-corrected chi connectivity index (χ3v) is 2.67. The predicted octanol–water partition coefficient (Wildman–Crippen LogP) is 2.03. The lowest BCUT2D eigenvalue weighted by atomic mass is 10.0. The summed E-state index contributed by atoms with van der Waals surface area (Å²) in [5.41, 5.74) is 1.85. The van der Waals surface area contributed by atoms with E-state index in [4.69, 9.17) is 0 Å². The van der Waals surface area contributed by atoms with Crippen molar-refractivity contribution in [1.82, 2.24) is 0 Å². The number of rotatable bonds is 1. The molecule has 0 saturated heterocycles. The van der Waals surface area contributed by atoms with Gasteiger partial charge in [-0.05, 0) is 36.1 Å². The van der Waals surface area contributed by atoms with Gasteiger partial charge in [0.05, 0.1) is 13.0 Å². The van der Waals surface area contributed by atoms with Crippen molar-refractivity contribution in [2.24, 2.45) is 0 Å². The van der Waals surface area contributed by atoms with Crippen LogP contribution in [0.2, 0.25) is 0 Å². The molecule has 2 nitrogen and oxygen atoms in total. The molecule has 3 heteroatoms. The van der Waals surface area contributed by atoms with Crippen molar-refractivity contribution in [3.63, 3.8) is 0 Å². The first-order valence-electron chi connectivity index (χ1n) is 4.58. The van der Waals surface area contributed by atoms with Gasteiger partial charge in [-0.3, -0.25) is 4.79 Å². The number of halogens is 1. The average molecular weight is 194 g/mol. The van der Waals surface area contributed by atoms with Gasteiger partial charge in [-0.15, -0.1) is 0 Å². The number of esters is 1. The standard InChI is InChI=1S/C11H11FO2/c1-14-11(13)9-5-3-7-2-4-8(12)6-10(7)9/h2,4,6,9H,3,5H2,1H3. The van der Waals surface area contributed by atoms with E-state index >= 15 is 0 Å². The van der Waals surface area contributed by atoms with Crippen molar-refractivity contribution in [2.75, 3.05) is 7.11 Å². The minimum atomic E-state index is -0.292. The lowest BCUT2D eigenvalue weighted by molar-refractivity contribution is -0.142. The molecule has 0 N–H and O–H groups in total. The first-order chi connectivity index (χ1) is 6.72. The van der Waals surface area contributed by atoms with E-state index in [2.05, 4.69) is 4.74 Å². The molecule has 1 aromatic rings. The van der Waals surface area contributed by atoms with Crippen LogP contribution in [0.3, 0.4) is 0 Å². The molecule has 0 bridgehead atoms. The van der Waals surface area contributed by atoms with Crippen molar-refractivity contribution >= 4 is 5.97 Å². The molecule has 74 valence electrons. The Hall–Kier alpha value is -1.38. The average Bonchev–Trinajstić information content (AvgIpc) is 2.59. The van der Waals surface area contributed by atoms with E-state index < -0.39 is 0 Å². The Kier molecular flexibility index (Phi) is 2.23. The summed E-state index contributed by atoms with van der Waals surface area (Å²) in [5, 5.41) is 0. The second-order valence-corrected chi connectivity index (χ2v) is 3.46. The second-order valence-electron chi connectivity index (χ2n) is 3.46. The first-order valence-corrected chi connectivity index (χ1v) is 4.58. The third-order valence-electron chi connectivity index (χ3n) is 2.67. The van der Waals surface area contributed by atoms with Crippen molar-refractivity contribution in [3.8, 4) is 0 Å². The summed E-state index contributed by atoms with van der Waals surface area (Å²) in [5.74, 6) is -0.834. The highest BCUT2D eigenvalue weighted by atomic mass is 19.1. The van der Waals surface area contributed by atoms with E-state index in [1.54, 1.807) is 6.07 Å². The summed E-state index contributed by atoms with van der Waals surface area (Å²) in [7, 11) is 1.36. The molecule has 1 aromatic carbocycles. The lowest BCUT2D eigenvalue weighted by Gasteiger charge is -2.08. The molecule has 0 fully saturated rings. The Morgan fingerprint density at radius 2 is 2.36 bits per heavy atom. The molecule has 14 heavy (non-hydrogen) atoms. The van der Waals surface area contributed by atoms with Gasteiger partial charge in [0.15, 0.2) is 0 Å². The van der Waals surface area contributed by atoms with Crippen LogP contribution in [0.15, 0.2) is 18.2 Å². The number of aryl methyl sites for hydroxylation is 1. The quantitative estimate of drug-likeness (QED) is 0.639. The minimum absolute atomic E-state index is 0.269. The summed E-state index contributed by atoms with van der Waals surface area (Å²) in [6.45, 7) is 0. The van der Waals surface area contributed by atoms with Crippen LogP contribution < -0.4 is 0 Å². The first kappa shape index (κ1) is 9.19. The molecule has 1 unspecified atom stereocenters. The summed E-state index contributed by atoms with van der Waals surface area (Å²) < 4.78 is 17.6. The van der Waals surface area contributed by atoms with Gasteiger partial charge in [0, 0.05) is 0 Å². The van der Waals surface area contributed by atoms with E-state index in [-0.39, 0.29) is 17.7 Å². The van der Waals surface area contributed by atoms with Crippen LogP contribution in [0, 0.1) is 5.82 Å². The fourth-order valence-corrected chi connectivity index (χ4v) is 1.96. The van der Waals surface area contributed by atoms with Gasteiger partial charge in [0.25, 0.3) is 0 Å². The molecule has 0 amide bonds. The Morgan fingerprint density at radius 1 is 1.57 bits per heavy atom. The van der Waals surface area contributed by atoms with Gasteiger partial charge in [0.2, 0.25) is 0 Å². The number of ether oxygens (including phenoxy) is 1. The van der Waals surface area contributed by atoms with E-state index in [0.717, 1.165) is 24.0 Å². The van der Waals surface area contributed by atoms with E-state index in [1.807, 2.05) is 0 Å². The predicted molar refractivity (Wildman–Crippen MR) is 49.5 cm³/mol. The number of carbonyl (C=O) groups excluding carboxylic acids is 1. The molecule has 1 aliphatic rings. The Labute approximate surface area is 81.7 Å². The maximum atomic E-state index is 13.0. The molecule has 0 aromatic heterocycles. The van der Waals surface area contributed by atoms with E-state index in [0.29, 0.717) is 0 Å². The number of fused-ring (bicyclic) bond motifs is 1. The minimum Gasteiger partial charge on any atom is -0.469 e. The van der Waals surface area contributed by atoms with Crippen LogP contribution in [0.4, 0.5) is 4.39 Å². The monoisotopic (exact) mass is 194 g/mol. The summed E-state index contributed by atoms with van der Waals surface area (Å²) >= 11 is 0. The molecule has 0 saturated carbocycles. The number of benzene rings is 1. The molecule has 1 atom stereocenters. The van der Waals surface area contributed by atoms with Crippen molar-refractivity contribution in [2.45, 2.75) is 18.8 Å². The van der Waals surface area contributed by atoms with Crippen LogP contribution in [0.5, 0.6) is 0 Å². The van der Waals surface area contributed by atoms with Crippen LogP contribution >= 0.6 is 0 Å². The van der Waals surface area contributed by atoms with E-state index in [9.17, 15) is 9.18 Å². The zero-order valence-corrected chi connectivity index (χ0v) is 7.92. The van der Waals surface area contributed by atoms with Crippen LogP contribution in [0.25, 0.3) is 0 Å². The normalized spacial score (nSPS) is 19.1. The van der Waals surface area contributed by atoms with Gasteiger partial charge < -0.3 is 4.74 Å². The zero-order valence-electron chi connectivity index (χ0n) is 7.92. The third kappa shape index (κ3) is 1.39. The smallest absolute Gasteiger partial charge is 0.313 e. The van der Waals surface area contributed by atoms with E-state index in [1.165, 1.54) is 19.2 Å². The Bertz CT molecular complexity index is 374. The van der Waals surface area contributed by atoms with Crippen molar-refractivity contribution in [1.29, 1.82) is 0 Å². The van der Waals surface area contributed by atoms with Crippen molar-refractivity contribution in [3.05, 3.63) is 35.1 Å². The maximum Gasteiger partial charge on any atom is 0.313 e. The van der Waals surface area contributed by atoms with Gasteiger partial charge in [0.1, 0.15) is 5.82 Å². The highest BCUT2D eigenvalue weighted by Gasteiger charge is 2.29. The largest absolute Gasteiger partial charge is 0.469 e. The maximum absolute atomic E-state index is 13.0. The Morgan fingerprint density at radius 3 is 3.07 bits per heavy atom. The number of carbonyl (C=O) groups is 1. The van der Waals surface area contributed by atoms with Gasteiger partial charge in [-0.2, -0.15) is 0 Å². The second kappa shape index (κ2) is 3.40. The molecular weight excluding hydrogens is 183 g/mol. The number of hydrogen-bond acceptors (Lipinski definition) is 2. The molecular formula is C11H11FO2. The Balaban J connectivity index is 2.38. The fraction of sp³-hybridized carbons (Fsp3) is 0.364. The lowest BCUT2D eigenvalue weighted by Crippen LogP contribution is -2.11. The van der Waals surface area contributed by atoms with Crippen molar-refractivity contribution < 1.29 is 13.9 Å². The molecule has 0 aliphatic heterocycles. The van der Waals surface area contributed by atoms with Gasteiger partial charge >= 0.3 is 5.97 Å². The topological polar surface area (TPSA) is 26.3 Å². The SMILES string of the molecule is COC(=O)C1CCc2ccc(F)cc21. The van der Waals surface area contributed by atoms with Gasteiger partial charge in [-0.1, -0.05) is 6.07 Å². The molecule has 0 radical (unpaired) electrons. The number of methoxy groups -OCH3 is 1. The molecule has 0 heterocycles. The molecule has 0 spiro atoms. The van der Waals surface area contributed by atoms with Crippen LogP contribution in [0.1, 0.15) is 23.5 Å². The summed E-state index contributed by atoms with van der Waals surface area (Å²) in [6, 6.07) is 4.61. The molecule has 2 rings (SSSR count).